The highest BCUT2D eigenvalue weighted by molar-refractivity contribution is 5.91. The molecule has 98 valence electrons. The van der Waals surface area contributed by atoms with Crippen molar-refractivity contribution in [2.75, 3.05) is 32.5 Å². The molecule has 0 bridgehead atoms. The van der Waals surface area contributed by atoms with Gasteiger partial charge in [-0.05, 0) is 50.8 Å². The van der Waals surface area contributed by atoms with Gasteiger partial charge in [0.2, 0.25) is 5.91 Å². The fourth-order valence-corrected chi connectivity index (χ4v) is 2.08. The Morgan fingerprint density at radius 2 is 2.22 bits per heavy atom. The SMILES string of the molecule is CN(C)Cc1cccc(NC(=O)CC2CNC2)c1. The summed E-state index contributed by atoms with van der Waals surface area (Å²) in [5, 5.41) is 6.15. The van der Waals surface area contributed by atoms with Crippen LogP contribution in [0.25, 0.3) is 0 Å². The van der Waals surface area contributed by atoms with E-state index in [1.165, 1.54) is 5.56 Å². The van der Waals surface area contributed by atoms with Crippen molar-refractivity contribution in [2.45, 2.75) is 13.0 Å². The highest BCUT2D eigenvalue weighted by Gasteiger charge is 2.19. The fourth-order valence-electron chi connectivity index (χ4n) is 2.08. The molecule has 4 nitrogen and oxygen atoms in total. The van der Waals surface area contributed by atoms with Crippen molar-refractivity contribution in [2.24, 2.45) is 5.92 Å². The number of hydrogen-bond donors (Lipinski definition) is 2. The van der Waals surface area contributed by atoms with Gasteiger partial charge in [0.25, 0.3) is 0 Å². The molecule has 1 heterocycles. The van der Waals surface area contributed by atoms with Gasteiger partial charge in [-0.25, -0.2) is 0 Å². The minimum atomic E-state index is 0.114. The second-order valence-corrected chi connectivity index (χ2v) is 5.21. The number of nitrogens with one attached hydrogen (secondary N) is 2. The number of carbonyl (C=O) groups is 1. The Bertz CT molecular complexity index is 413. The molecular weight excluding hydrogens is 226 g/mol. The molecule has 1 saturated heterocycles. The van der Waals surface area contributed by atoms with Gasteiger partial charge in [-0.1, -0.05) is 12.1 Å². The summed E-state index contributed by atoms with van der Waals surface area (Å²) in [7, 11) is 4.07. The number of benzene rings is 1. The molecule has 1 aromatic rings. The number of anilines is 1. The Labute approximate surface area is 108 Å². The minimum absolute atomic E-state index is 0.114. The number of carbonyl (C=O) groups excluding carboxylic acids is 1. The van der Waals surface area contributed by atoms with E-state index in [1.807, 2.05) is 32.3 Å². The molecule has 0 saturated carbocycles. The summed E-state index contributed by atoms with van der Waals surface area (Å²) < 4.78 is 0. The van der Waals surface area contributed by atoms with Crippen molar-refractivity contribution < 1.29 is 4.79 Å². The zero-order valence-electron chi connectivity index (χ0n) is 11.1. The van der Waals surface area contributed by atoms with E-state index < -0.39 is 0 Å². The Balaban J connectivity index is 1.89. The Hall–Kier alpha value is -1.39. The van der Waals surface area contributed by atoms with E-state index in [1.54, 1.807) is 0 Å². The number of rotatable bonds is 5. The van der Waals surface area contributed by atoms with E-state index in [9.17, 15) is 4.79 Å². The molecule has 0 aliphatic carbocycles. The maximum absolute atomic E-state index is 11.8. The summed E-state index contributed by atoms with van der Waals surface area (Å²) in [6.45, 7) is 2.82. The van der Waals surface area contributed by atoms with Crippen molar-refractivity contribution in [3.8, 4) is 0 Å². The van der Waals surface area contributed by atoms with Crippen molar-refractivity contribution >= 4 is 11.6 Å². The van der Waals surface area contributed by atoms with Crippen molar-refractivity contribution in [1.29, 1.82) is 0 Å². The third-order valence-electron chi connectivity index (χ3n) is 3.05. The molecule has 18 heavy (non-hydrogen) atoms. The highest BCUT2D eigenvalue weighted by atomic mass is 16.1. The first-order valence-corrected chi connectivity index (χ1v) is 6.38. The Morgan fingerprint density at radius 1 is 1.44 bits per heavy atom. The van der Waals surface area contributed by atoms with Gasteiger partial charge >= 0.3 is 0 Å². The third kappa shape index (κ3) is 3.82. The average Bonchev–Trinajstić information content (AvgIpc) is 2.23. The van der Waals surface area contributed by atoms with Crippen LogP contribution in [0.15, 0.2) is 24.3 Å². The lowest BCUT2D eigenvalue weighted by atomic mass is 9.99. The first kappa shape index (κ1) is 13.1. The molecule has 0 aromatic heterocycles. The van der Waals surface area contributed by atoms with Crippen LogP contribution in [0.1, 0.15) is 12.0 Å². The van der Waals surface area contributed by atoms with Gasteiger partial charge in [-0.15, -0.1) is 0 Å². The maximum atomic E-state index is 11.8. The summed E-state index contributed by atoms with van der Waals surface area (Å²) in [6, 6.07) is 8.04. The summed E-state index contributed by atoms with van der Waals surface area (Å²) in [5.74, 6) is 0.624. The van der Waals surface area contributed by atoms with Gasteiger partial charge < -0.3 is 15.5 Å². The van der Waals surface area contributed by atoms with E-state index in [4.69, 9.17) is 0 Å². The minimum Gasteiger partial charge on any atom is -0.326 e. The highest BCUT2D eigenvalue weighted by Crippen LogP contribution is 2.14. The monoisotopic (exact) mass is 247 g/mol. The smallest absolute Gasteiger partial charge is 0.224 e. The van der Waals surface area contributed by atoms with Gasteiger partial charge in [-0.2, -0.15) is 0 Å². The standard InChI is InChI=1S/C14H21N3O/c1-17(2)10-11-4-3-5-13(6-11)16-14(18)7-12-8-15-9-12/h3-6,12,15H,7-10H2,1-2H3,(H,16,18). The summed E-state index contributed by atoms with van der Waals surface area (Å²) in [4.78, 5) is 13.9. The molecule has 1 amide bonds. The topological polar surface area (TPSA) is 44.4 Å². The molecule has 0 unspecified atom stereocenters. The molecule has 2 N–H and O–H groups in total. The second kappa shape index (κ2) is 5.98. The van der Waals surface area contributed by atoms with Crippen LogP contribution in [0.2, 0.25) is 0 Å². The lowest BCUT2D eigenvalue weighted by Gasteiger charge is -2.26. The molecule has 0 spiro atoms. The van der Waals surface area contributed by atoms with Crippen molar-refractivity contribution in [3.63, 3.8) is 0 Å². The number of amides is 1. The van der Waals surface area contributed by atoms with Crippen molar-refractivity contribution in [3.05, 3.63) is 29.8 Å². The zero-order valence-corrected chi connectivity index (χ0v) is 11.1. The van der Waals surface area contributed by atoms with E-state index in [2.05, 4.69) is 21.6 Å². The summed E-state index contributed by atoms with van der Waals surface area (Å²) in [5.41, 5.74) is 2.11. The zero-order chi connectivity index (χ0) is 13.0. The average molecular weight is 247 g/mol. The van der Waals surface area contributed by atoms with E-state index in [-0.39, 0.29) is 5.91 Å². The molecule has 4 heteroatoms. The van der Waals surface area contributed by atoms with Crippen LogP contribution >= 0.6 is 0 Å². The van der Waals surface area contributed by atoms with Gasteiger partial charge in [0.1, 0.15) is 0 Å². The Morgan fingerprint density at radius 3 is 2.83 bits per heavy atom. The molecule has 1 fully saturated rings. The van der Waals surface area contributed by atoms with Crippen molar-refractivity contribution in [1.82, 2.24) is 10.2 Å². The summed E-state index contributed by atoms with van der Waals surface area (Å²) >= 11 is 0. The molecule has 0 atom stereocenters. The molecule has 0 radical (unpaired) electrons. The van der Waals surface area contributed by atoms with E-state index in [0.717, 1.165) is 25.3 Å². The number of hydrogen-bond acceptors (Lipinski definition) is 3. The van der Waals surface area contributed by atoms with Gasteiger partial charge in [0, 0.05) is 18.7 Å². The Kier molecular flexibility index (Phi) is 4.33. The lowest BCUT2D eigenvalue weighted by Crippen LogP contribution is -2.43. The number of nitrogens with zero attached hydrogens (tertiary/aromatic N) is 1. The van der Waals surface area contributed by atoms with Crippen LogP contribution in [0.4, 0.5) is 5.69 Å². The molecular formula is C14H21N3O. The quantitative estimate of drug-likeness (QED) is 0.824. The van der Waals surface area contributed by atoms with Crippen LogP contribution in [-0.4, -0.2) is 38.0 Å². The molecule has 1 aliphatic heterocycles. The molecule has 2 rings (SSSR count). The van der Waals surface area contributed by atoms with Gasteiger partial charge in [-0.3, -0.25) is 4.79 Å². The molecule has 1 aromatic carbocycles. The first-order valence-electron chi connectivity index (χ1n) is 6.38. The summed E-state index contributed by atoms with van der Waals surface area (Å²) in [6.07, 6.45) is 0.616. The van der Waals surface area contributed by atoms with Crippen LogP contribution in [0.5, 0.6) is 0 Å². The van der Waals surface area contributed by atoms with Crippen LogP contribution < -0.4 is 10.6 Å². The predicted molar refractivity (Wildman–Crippen MR) is 73.4 cm³/mol. The van der Waals surface area contributed by atoms with E-state index >= 15 is 0 Å². The van der Waals surface area contributed by atoms with Crippen LogP contribution in [0, 0.1) is 5.92 Å². The van der Waals surface area contributed by atoms with E-state index in [0.29, 0.717) is 12.3 Å². The van der Waals surface area contributed by atoms with Gasteiger partial charge in [0.05, 0.1) is 0 Å². The first-order chi connectivity index (χ1) is 8.63. The fraction of sp³-hybridized carbons (Fsp3) is 0.500. The van der Waals surface area contributed by atoms with Crippen LogP contribution in [-0.2, 0) is 11.3 Å². The third-order valence-corrected chi connectivity index (χ3v) is 3.05. The normalized spacial score (nSPS) is 15.5. The molecule has 1 aliphatic rings. The lowest BCUT2D eigenvalue weighted by molar-refractivity contribution is -0.117. The maximum Gasteiger partial charge on any atom is 0.224 e. The largest absolute Gasteiger partial charge is 0.326 e. The van der Waals surface area contributed by atoms with Crippen LogP contribution in [0.3, 0.4) is 0 Å². The second-order valence-electron chi connectivity index (χ2n) is 5.21. The predicted octanol–water partition coefficient (Wildman–Crippen LogP) is 1.30. The van der Waals surface area contributed by atoms with Gasteiger partial charge in [0.15, 0.2) is 0 Å².